The average molecular weight is 341 g/mol. The number of ether oxygens (including phenoxy) is 1. The molecule has 2 N–H and O–H groups in total. The van der Waals surface area contributed by atoms with Crippen molar-refractivity contribution in [3.8, 4) is 0 Å². The summed E-state index contributed by atoms with van der Waals surface area (Å²) in [5.41, 5.74) is 3.36. The van der Waals surface area contributed by atoms with E-state index in [9.17, 15) is 14.7 Å². The minimum atomic E-state index is -1.10. The van der Waals surface area contributed by atoms with Crippen LogP contribution in [-0.2, 0) is 20.9 Å². The number of benzene rings is 2. The fourth-order valence-electron chi connectivity index (χ4n) is 2.49. The Morgan fingerprint density at radius 3 is 2.40 bits per heavy atom. The number of hydrogen-bond donors (Lipinski definition) is 2. The first-order valence-electron chi connectivity index (χ1n) is 8.15. The highest BCUT2D eigenvalue weighted by Gasteiger charge is 2.26. The van der Waals surface area contributed by atoms with Crippen LogP contribution in [0.1, 0.15) is 35.2 Å². The number of carboxylic acid groups (broad SMARTS) is 1. The molecule has 0 heterocycles. The van der Waals surface area contributed by atoms with Crippen molar-refractivity contribution in [3.63, 3.8) is 0 Å². The number of carbonyl (C=O) groups is 2. The summed E-state index contributed by atoms with van der Waals surface area (Å²) in [7, 11) is 0. The lowest BCUT2D eigenvalue weighted by Crippen LogP contribution is -2.40. The topological polar surface area (TPSA) is 75.6 Å². The van der Waals surface area contributed by atoms with Gasteiger partial charge in [0.1, 0.15) is 6.10 Å². The minimum absolute atomic E-state index is 0.288. The van der Waals surface area contributed by atoms with Gasteiger partial charge in [0.15, 0.2) is 6.04 Å². The largest absolute Gasteiger partial charge is 0.479 e. The molecule has 132 valence electrons. The van der Waals surface area contributed by atoms with Crippen LogP contribution in [0.5, 0.6) is 0 Å². The van der Waals surface area contributed by atoms with Crippen LogP contribution in [-0.4, -0.2) is 23.1 Å². The van der Waals surface area contributed by atoms with Gasteiger partial charge in [-0.1, -0.05) is 48.5 Å². The van der Waals surface area contributed by atoms with E-state index in [0.29, 0.717) is 5.56 Å². The lowest BCUT2D eigenvalue weighted by molar-refractivity contribution is -0.144. The SMILES string of the molecule is Cc1cccc(C(NC(=O)C(C)OCc2ccccc2)C(=O)O)c1C. The van der Waals surface area contributed by atoms with Gasteiger partial charge in [-0.3, -0.25) is 4.79 Å². The van der Waals surface area contributed by atoms with Crippen LogP contribution in [0.2, 0.25) is 0 Å². The van der Waals surface area contributed by atoms with Crippen LogP contribution < -0.4 is 5.32 Å². The fourth-order valence-corrected chi connectivity index (χ4v) is 2.49. The molecule has 2 rings (SSSR count). The maximum absolute atomic E-state index is 12.3. The first kappa shape index (κ1) is 18.7. The number of aliphatic carboxylic acids is 1. The molecule has 0 aliphatic carbocycles. The predicted octanol–water partition coefficient (Wildman–Crippen LogP) is 3.15. The maximum atomic E-state index is 12.3. The van der Waals surface area contributed by atoms with Crippen molar-refractivity contribution < 1.29 is 19.4 Å². The summed E-state index contributed by atoms with van der Waals surface area (Å²) in [5.74, 6) is -1.55. The molecule has 0 fully saturated rings. The standard InChI is InChI=1S/C20H23NO4/c1-13-8-7-11-17(14(13)2)18(20(23)24)21-19(22)15(3)25-12-16-9-5-4-6-10-16/h4-11,15,18H,12H2,1-3H3,(H,21,22)(H,23,24). The zero-order valence-electron chi connectivity index (χ0n) is 14.7. The Kier molecular flexibility index (Phi) is 6.31. The van der Waals surface area contributed by atoms with Crippen molar-refractivity contribution in [3.05, 3.63) is 70.8 Å². The summed E-state index contributed by atoms with van der Waals surface area (Å²) in [6.07, 6.45) is -0.757. The Balaban J connectivity index is 2.04. The molecule has 0 aliphatic heterocycles. The highest BCUT2D eigenvalue weighted by Crippen LogP contribution is 2.21. The van der Waals surface area contributed by atoms with E-state index < -0.39 is 24.0 Å². The van der Waals surface area contributed by atoms with E-state index in [1.165, 1.54) is 0 Å². The lowest BCUT2D eigenvalue weighted by atomic mass is 9.97. The molecule has 2 atom stereocenters. The summed E-state index contributed by atoms with van der Waals surface area (Å²) in [5, 5.41) is 12.1. The molecule has 0 bridgehead atoms. The minimum Gasteiger partial charge on any atom is -0.479 e. The van der Waals surface area contributed by atoms with Gasteiger partial charge in [0.05, 0.1) is 6.61 Å². The van der Waals surface area contributed by atoms with Gasteiger partial charge in [0.2, 0.25) is 5.91 Å². The molecule has 0 spiro atoms. The molecule has 5 heteroatoms. The summed E-state index contributed by atoms with van der Waals surface area (Å²) in [6, 6.07) is 13.8. The maximum Gasteiger partial charge on any atom is 0.330 e. The Labute approximate surface area is 147 Å². The highest BCUT2D eigenvalue weighted by atomic mass is 16.5. The van der Waals surface area contributed by atoms with Crippen molar-refractivity contribution >= 4 is 11.9 Å². The van der Waals surface area contributed by atoms with Crippen molar-refractivity contribution in [2.24, 2.45) is 0 Å². The Bertz CT molecular complexity index is 743. The molecular weight excluding hydrogens is 318 g/mol. The van der Waals surface area contributed by atoms with E-state index in [-0.39, 0.29) is 6.61 Å². The van der Waals surface area contributed by atoms with E-state index in [2.05, 4.69) is 5.32 Å². The molecule has 0 saturated carbocycles. The number of nitrogens with one attached hydrogen (secondary N) is 1. The molecule has 0 aliphatic rings. The molecular formula is C20H23NO4. The average Bonchev–Trinajstić information content (AvgIpc) is 2.60. The summed E-state index contributed by atoms with van der Waals surface area (Å²) in [4.78, 5) is 24.0. The molecule has 1 amide bonds. The number of amides is 1. The monoisotopic (exact) mass is 341 g/mol. The molecule has 2 aromatic carbocycles. The van der Waals surface area contributed by atoms with Gasteiger partial charge in [0, 0.05) is 0 Å². The first-order chi connectivity index (χ1) is 11.9. The van der Waals surface area contributed by atoms with E-state index in [1.807, 2.05) is 50.2 Å². The van der Waals surface area contributed by atoms with Gasteiger partial charge in [0.25, 0.3) is 0 Å². The van der Waals surface area contributed by atoms with E-state index in [1.54, 1.807) is 19.1 Å². The van der Waals surface area contributed by atoms with Crippen molar-refractivity contribution in [2.45, 2.75) is 39.5 Å². The zero-order valence-corrected chi connectivity index (χ0v) is 14.7. The number of carbonyl (C=O) groups excluding carboxylic acids is 1. The third-order valence-corrected chi connectivity index (χ3v) is 4.20. The fraction of sp³-hybridized carbons (Fsp3) is 0.300. The van der Waals surface area contributed by atoms with Crippen LogP contribution in [0.3, 0.4) is 0 Å². The van der Waals surface area contributed by atoms with Gasteiger partial charge in [-0.25, -0.2) is 4.79 Å². The lowest BCUT2D eigenvalue weighted by Gasteiger charge is -2.20. The molecule has 0 radical (unpaired) electrons. The van der Waals surface area contributed by atoms with Crippen LogP contribution >= 0.6 is 0 Å². The zero-order chi connectivity index (χ0) is 18.4. The molecule has 5 nitrogen and oxygen atoms in total. The quantitative estimate of drug-likeness (QED) is 0.811. The van der Waals surface area contributed by atoms with Crippen molar-refractivity contribution in [1.29, 1.82) is 0 Å². The Morgan fingerprint density at radius 1 is 1.08 bits per heavy atom. The molecule has 2 unspecified atom stereocenters. The van der Waals surface area contributed by atoms with Gasteiger partial charge in [-0.15, -0.1) is 0 Å². The molecule has 25 heavy (non-hydrogen) atoms. The Morgan fingerprint density at radius 2 is 1.76 bits per heavy atom. The van der Waals surface area contributed by atoms with Gasteiger partial charge < -0.3 is 15.2 Å². The smallest absolute Gasteiger partial charge is 0.330 e. The van der Waals surface area contributed by atoms with E-state index in [0.717, 1.165) is 16.7 Å². The van der Waals surface area contributed by atoms with Crippen LogP contribution in [0.4, 0.5) is 0 Å². The first-order valence-corrected chi connectivity index (χ1v) is 8.15. The van der Waals surface area contributed by atoms with Gasteiger partial charge in [-0.05, 0) is 43.0 Å². The highest BCUT2D eigenvalue weighted by molar-refractivity contribution is 5.87. The van der Waals surface area contributed by atoms with Crippen LogP contribution in [0, 0.1) is 13.8 Å². The molecule has 2 aromatic rings. The molecule has 0 aromatic heterocycles. The third-order valence-electron chi connectivity index (χ3n) is 4.20. The van der Waals surface area contributed by atoms with Crippen molar-refractivity contribution in [2.75, 3.05) is 0 Å². The normalized spacial score (nSPS) is 13.1. The number of rotatable bonds is 7. The summed E-state index contributed by atoms with van der Waals surface area (Å²) >= 11 is 0. The van der Waals surface area contributed by atoms with Crippen LogP contribution in [0.15, 0.2) is 48.5 Å². The van der Waals surface area contributed by atoms with Crippen LogP contribution in [0.25, 0.3) is 0 Å². The van der Waals surface area contributed by atoms with E-state index in [4.69, 9.17) is 4.74 Å². The van der Waals surface area contributed by atoms with E-state index >= 15 is 0 Å². The summed E-state index contributed by atoms with van der Waals surface area (Å²) in [6.45, 7) is 5.66. The third kappa shape index (κ3) is 4.90. The second-order valence-corrected chi connectivity index (χ2v) is 6.01. The second-order valence-electron chi connectivity index (χ2n) is 6.01. The number of aryl methyl sites for hydroxylation is 1. The predicted molar refractivity (Wildman–Crippen MR) is 95.1 cm³/mol. The second kappa shape index (κ2) is 8.44. The van der Waals surface area contributed by atoms with Crippen molar-refractivity contribution in [1.82, 2.24) is 5.32 Å². The van der Waals surface area contributed by atoms with Gasteiger partial charge >= 0.3 is 5.97 Å². The number of hydrogen-bond acceptors (Lipinski definition) is 3. The van der Waals surface area contributed by atoms with Gasteiger partial charge in [-0.2, -0.15) is 0 Å². The Hall–Kier alpha value is -2.66. The summed E-state index contributed by atoms with van der Waals surface area (Å²) < 4.78 is 5.56. The molecule has 0 saturated heterocycles. The number of carboxylic acids is 1.